The van der Waals surface area contributed by atoms with E-state index >= 15 is 0 Å². The molecule has 2 bridgehead atoms. The van der Waals surface area contributed by atoms with Crippen LogP contribution in [0.3, 0.4) is 0 Å². The van der Waals surface area contributed by atoms with Crippen LogP contribution in [0.1, 0.15) is 42.7 Å². The topological polar surface area (TPSA) is 82.7 Å². The minimum Gasteiger partial charge on any atom is -0.507 e. The van der Waals surface area contributed by atoms with Crippen LogP contribution >= 0.6 is 0 Å². The van der Waals surface area contributed by atoms with E-state index in [0.29, 0.717) is 34.0 Å². The molecule has 4 atom stereocenters. The number of phenolic OH excluding ortho intramolecular Hbond substituents is 1. The predicted molar refractivity (Wildman–Crippen MR) is 122 cm³/mol. The van der Waals surface area contributed by atoms with Crippen LogP contribution in [-0.4, -0.2) is 58.5 Å². The van der Waals surface area contributed by atoms with Crippen molar-refractivity contribution in [2.24, 2.45) is 11.8 Å². The van der Waals surface area contributed by atoms with Gasteiger partial charge < -0.3 is 19.3 Å². The number of hydrogen-bond donors (Lipinski definition) is 1. The van der Waals surface area contributed by atoms with Crippen molar-refractivity contribution in [1.82, 2.24) is 15.1 Å². The van der Waals surface area contributed by atoms with Gasteiger partial charge >= 0.3 is 0 Å². The number of halogens is 1. The SMILES string of the molecule is CN(c1ccc(-c2cc3oc(C(=O)N4CCC4)cc3cc2O)nn1)[C@H]1C[C@@H]2CC[C@@H](C2)[C@H]1F. The number of alkyl halides is 1. The summed E-state index contributed by atoms with van der Waals surface area (Å²) in [6, 6.07) is 8.34. The number of benzene rings is 1. The zero-order chi connectivity index (χ0) is 22.7. The minimum atomic E-state index is -0.839. The summed E-state index contributed by atoms with van der Waals surface area (Å²) in [7, 11) is 1.88. The van der Waals surface area contributed by atoms with Crippen LogP contribution in [0.2, 0.25) is 0 Å². The molecule has 3 fully saturated rings. The van der Waals surface area contributed by atoms with Crippen LogP contribution in [-0.2, 0) is 0 Å². The third kappa shape index (κ3) is 3.43. The first-order valence-electron chi connectivity index (χ1n) is 11.7. The Morgan fingerprint density at radius 1 is 1.18 bits per heavy atom. The Morgan fingerprint density at radius 2 is 2.03 bits per heavy atom. The average Bonchev–Trinajstić information content (AvgIpc) is 3.38. The molecular weight excluding hydrogens is 423 g/mol. The van der Waals surface area contributed by atoms with Gasteiger partial charge in [0.15, 0.2) is 11.6 Å². The van der Waals surface area contributed by atoms with Crippen molar-refractivity contribution in [3.05, 3.63) is 36.1 Å². The van der Waals surface area contributed by atoms with E-state index in [0.717, 1.165) is 45.2 Å². The minimum absolute atomic E-state index is 0.0364. The maximum atomic E-state index is 15.0. The molecule has 3 aliphatic rings. The number of aromatic nitrogens is 2. The smallest absolute Gasteiger partial charge is 0.289 e. The van der Waals surface area contributed by atoms with Gasteiger partial charge in [-0.1, -0.05) is 0 Å². The summed E-state index contributed by atoms with van der Waals surface area (Å²) < 4.78 is 20.8. The second-order valence-corrected chi connectivity index (χ2v) is 9.74. The Labute approximate surface area is 191 Å². The predicted octanol–water partition coefficient (Wildman–Crippen LogP) is 4.40. The van der Waals surface area contributed by atoms with E-state index in [2.05, 4.69) is 10.2 Å². The van der Waals surface area contributed by atoms with E-state index < -0.39 is 6.17 Å². The first-order chi connectivity index (χ1) is 16.0. The second kappa shape index (κ2) is 7.71. The van der Waals surface area contributed by atoms with Crippen LogP contribution in [0.5, 0.6) is 5.75 Å². The summed E-state index contributed by atoms with van der Waals surface area (Å²) in [5.74, 6) is 1.57. The standard InChI is InChI=1S/C25H27FN4O3/c1-29(19-10-14-3-4-15(9-14)24(19)26)23-6-5-18(27-28-23)17-13-21-16(11-20(17)31)12-22(33-21)25(32)30-7-2-8-30/h5-6,11-15,19,24,31H,2-4,7-10H2,1H3/t14-,15+,19+,24-/m1/s1. The summed E-state index contributed by atoms with van der Waals surface area (Å²) in [5, 5.41) is 19.9. The molecule has 2 aliphatic carbocycles. The first-order valence-corrected chi connectivity index (χ1v) is 11.7. The molecule has 3 heterocycles. The average molecular weight is 451 g/mol. The molecule has 33 heavy (non-hydrogen) atoms. The van der Waals surface area contributed by atoms with Crippen molar-refractivity contribution in [1.29, 1.82) is 0 Å². The third-order valence-electron chi connectivity index (χ3n) is 7.75. The van der Waals surface area contributed by atoms with Gasteiger partial charge in [0.2, 0.25) is 0 Å². The summed E-state index contributed by atoms with van der Waals surface area (Å²) in [5.41, 5.74) is 1.47. The Bertz CT molecular complexity index is 1210. The number of aromatic hydroxyl groups is 1. The molecule has 1 aromatic carbocycles. The number of amides is 1. The lowest BCUT2D eigenvalue weighted by molar-refractivity contribution is 0.0621. The number of rotatable bonds is 4. The molecule has 1 amide bonds. The highest BCUT2D eigenvalue weighted by molar-refractivity contribution is 5.97. The Morgan fingerprint density at radius 3 is 2.76 bits per heavy atom. The van der Waals surface area contributed by atoms with Crippen molar-refractivity contribution in [2.45, 2.75) is 44.3 Å². The molecule has 0 radical (unpaired) electrons. The number of nitrogens with zero attached hydrogens (tertiary/aromatic N) is 4. The lowest BCUT2D eigenvalue weighted by Crippen LogP contribution is -2.46. The maximum Gasteiger partial charge on any atom is 0.289 e. The van der Waals surface area contributed by atoms with Crippen LogP contribution in [0.15, 0.2) is 34.7 Å². The molecule has 3 aromatic rings. The summed E-state index contributed by atoms with van der Waals surface area (Å²) in [4.78, 5) is 16.1. The number of likely N-dealkylation sites (tertiary alicyclic amines) is 1. The second-order valence-electron chi connectivity index (χ2n) is 9.74. The van der Waals surface area contributed by atoms with E-state index in [1.807, 2.05) is 18.0 Å². The number of furan rings is 1. The lowest BCUT2D eigenvalue weighted by atomic mass is 9.83. The normalized spacial score (nSPS) is 26.4. The van der Waals surface area contributed by atoms with Gasteiger partial charge in [0.25, 0.3) is 5.91 Å². The van der Waals surface area contributed by atoms with E-state index in [4.69, 9.17) is 4.42 Å². The first kappa shape index (κ1) is 20.4. The number of carbonyl (C=O) groups excluding carboxylic acids is 1. The molecule has 0 spiro atoms. The van der Waals surface area contributed by atoms with Gasteiger partial charge in [0, 0.05) is 31.1 Å². The van der Waals surface area contributed by atoms with Crippen molar-refractivity contribution < 1.29 is 18.7 Å². The largest absolute Gasteiger partial charge is 0.507 e. The monoisotopic (exact) mass is 450 g/mol. The summed E-state index contributed by atoms with van der Waals surface area (Å²) >= 11 is 0. The molecule has 1 N–H and O–H groups in total. The number of phenols is 1. The fourth-order valence-corrected chi connectivity index (χ4v) is 5.66. The number of fused-ring (bicyclic) bond motifs is 3. The molecule has 0 unspecified atom stereocenters. The highest BCUT2D eigenvalue weighted by atomic mass is 19.1. The quantitative estimate of drug-likeness (QED) is 0.634. The zero-order valence-electron chi connectivity index (χ0n) is 18.6. The van der Waals surface area contributed by atoms with E-state index in [1.165, 1.54) is 0 Å². The van der Waals surface area contributed by atoms with Gasteiger partial charge in [-0.3, -0.25) is 4.79 Å². The number of hydrogen-bond acceptors (Lipinski definition) is 6. The Kier molecular flexibility index (Phi) is 4.78. The van der Waals surface area contributed by atoms with Crippen molar-refractivity contribution >= 4 is 22.7 Å². The van der Waals surface area contributed by atoms with Gasteiger partial charge in [-0.2, -0.15) is 0 Å². The Balaban J connectivity index is 1.25. The summed E-state index contributed by atoms with van der Waals surface area (Å²) in [6.07, 6.45) is 4.14. The maximum absolute atomic E-state index is 15.0. The van der Waals surface area contributed by atoms with Crippen LogP contribution in [0.25, 0.3) is 22.2 Å². The molecule has 2 aromatic heterocycles. The highest BCUT2D eigenvalue weighted by Crippen LogP contribution is 2.45. The lowest BCUT2D eigenvalue weighted by Gasteiger charge is -2.38. The van der Waals surface area contributed by atoms with Crippen LogP contribution in [0, 0.1) is 11.8 Å². The van der Waals surface area contributed by atoms with E-state index in [9.17, 15) is 14.3 Å². The molecule has 6 rings (SSSR count). The zero-order valence-corrected chi connectivity index (χ0v) is 18.6. The molecule has 172 valence electrons. The van der Waals surface area contributed by atoms with Gasteiger partial charge in [0.1, 0.15) is 17.5 Å². The Hall–Kier alpha value is -3.16. The molecule has 2 saturated carbocycles. The van der Waals surface area contributed by atoms with E-state index in [1.54, 1.807) is 29.2 Å². The molecule has 8 heteroatoms. The fourth-order valence-electron chi connectivity index (χ4n) is 5.66. The van der Waals surface area contributed by atoms with Crippen molar-refractivity contribution in [3.63, 3.8) is 0 Å². The number of carbonyl (C=O) groups is 1. The number of anilines is 1. The molecule has 7 nitrogen and oxygen atoms in total. The molecule has 1 saturated heterocycles. The van der Waals surface area contributed by atoms with Gasteiger partial charge in [0.05, 0.1) is 11.7 Å². The molecule has 1 aliphatic heterocycles. The van der Waals surface area contributed by atoms with Crippen LogP contribution in [0.4, 0.5) is 10.2 Å². The van der Waals surface area contributed by atoms with Crippen molar-refractivity contribution in [3.8, 4) is 17.0 Å². The van der Waals surface area contributed by atoms with Gasteiger partial charge in [-0.15, -0.1) is 10.2 Å². The van der Waals surface area contributed by atoms with E-state index in [-0.39, 0.29) is 29.4 Å². The van der Waals surface area contributed by atoms with Gasteiger partial charge in [-0.25, -0.2) is 4.39 Å². The summed E-state index contributed by atoms with van der Waals surface area (Å²) in [6.45, 7) is 1.49. The third-order valence-corrected chi connectivity index (χ3v) is 7.75. The van der Waals surface area contributed by atoms with Crippen LogP contribution < -0.4 is 4.90 Å². The molecular formula is C25H27FN4O3. The fraction of sp³-hybridized carbons (Fsp3) is 0.480. The van der Waals surface area contributed by atoms with Crippen molar-refractivity contribution in [2.75, 3.05) is 25.0 Å². The van der Waals surface area contributed by atoms with Gasteiger partial charge in [-0.05, 0) is 74.3 Å². The highest BCUT2D eigenvalue weighted by Gasteiger charge is 2.44.